The summed E-state index contributed by atoms with van der Waals surface area (Å²) < 4.78 is 4.11. The van der Waals surface area contributed by atoms with Crippen LogP contribution in [0.3, 0.4) is 0 Å². The average Bonchev–Trinajstić information content (AvgIpc) is 3.23. The lowest BCUT2D eigenvalue weighted by Gasteiger charge is -2.18. The molecule has 1 aliphatic carbocycles. The van der Waals surface area contributed by atoms with Gasteiger partial charge in [-0.25, -0.2) is 4.98 Å². The van der Waals surface area contributed by atoms with Crippen LogP contribution in [0.2, 0.25) is 10.0 Å². The molecule has 0 bridgehead atoms. The highest BCUT2D eigenvalue weighted by Crippen LogP contribution is 2.40. The van der Waals surface area contributed by atoms with Crippen molar-refractivity contribution in [2.75, 3.05) is 12.4 Å². The number of carbonyl (C=O) groups excluding carboxylic acids is 2. The fourth-order valence-corrected chi connectivity index (χ4v) is 6.65. The van der Waals surface area contributed by atoms with Crippen molar-refractivity contribution in [3.05, 3.63) is 79.6 Å². The van der Waals surface area contributed by atoms with E-state index in [0.717, 1.165) is 39.9 Å². The van der Waals surface area contributed by atoms with Gasteiger partial charge in [-0.1, -0.05) is 68.6 Å². The molecule has 2 aromatic heterocycles. The maximum absolute atomic E-state index is 13.7. The second-order valence-electron chi connectivity index (χ2n) is 10.3. The SMILES string of the molecule is CCC.COC(C)=O.Cc1c(NC(=O)c2c(C)c(-c3ccc(Cl)cc3Cl)nc3ccccc23)sc2c1CCC(C)C2. The van der Waals surface area contributed by atoms with E-state index in [9.17, 15) is 9.59 Å². The summed E-state index contributed by atoms with van der Waals surface area (Å²) in [6.07, 6.45) is 4.63. The molecule has 1 N–H and O–H groups in total. The van der Waals surface area contributed by atoms with Gasteiger partial charge < -0.3 is 10.1 Å². The van der Waals surface area contributed by atoms with Gasteiger partial charge in [-0.2, -0.15) is 0 Å². The lowest BCUT2D eigenvalue weighted by atomic mass is 9.89. The number of fused-ring (bicyclic) bond motifs is 2. The van der Waals surface area contributed by atoms with Gasteiger partial charge in [-0.05, 0) is 80.0 Å². The quantitative estimate of drug-likeness (QED) is 0.234. The molecule has 5 nitrogen and oxygen atoms in total. The molecule has 0 saturated carbocycles. The summed E-state index contributed by atoms with van der Waals surface area (Å²) in [5.41, 5.74) is 6.24. The van der Waals surface area contributed by atoms with Crippen LogP contribution in [0.1, 0.15) is 72.5 Å². The van der Waals surface area contributed by atoms with Crippen LogP contribution in [0.25, 0.3) is 22.2 Å². The number of hydrogen-bond acceptors (Lipinski definition) is 5. The number of para-hydroxylation sites is 1. The number of ether oxygens (including phenoxy) is 1. The lowest BCUT2D eigenvalue weighted by Crippen LogP contribution is -2.15. The number of anilines is 1. The summed E-state index contributed by atoms with van der Waals surface area (Å²) in [5.74, 6) is 0.328. The molecule has 0 aliphatic heterocycles. The van der Waals surface area contributed by atoms with Crippen molar-refractivity contribution >= 4 is 62.3 Å². The summed E-state index contributed by atoms with van der Waals surface area (Å²) in [6, 6.07) is 13.1. The molecule has 1 aliphatic rings. The number of halogens is 2. The van der Waals surface area contributed by atoms with E-state index < -0.39 is 0 Å². The second-order valence-corrected chi connectivity index (χ2v) is 12.2. The van der Waals surface area contributed by atoms with Crippen molar-refractivity contribution in [2.45, 2.75) is 67.2 Å². The van der Waals surface area contributed by atoms with Gasteiger partial charge in [-0.15, -0.1) is 11.3 Å². The summed E-state index contributed by atoms with van der Waals surface area (Å²) in [5, 5.41) is 6.08. The molecule has 1 amide bonds. The first-order valence-corrected chi connectivity index (χ1v) is 15.4. The maximum Gasteiger partial charge on any atom is 0.302 e. The van der Waals surface area contributed by atoms with E-state index in [1.165, 1.54) is 42.9 Å². The number of aromatic nitrogens is 1. The highest BCUT2D eigenvalue weighted by molar-refractivity contribution is 7.16. The zero-order valence-corrected chi connectivity index (χ0v) is 27.1. The van der Waals surface area contributed by atoms with E-state index in [0.29, 0.717) is 27.2 Å². The second kappa shape index (κ2) is 14.8. The molecule has 2 aromatic carbocycles. The van der Waals surface area contributed by atoms with Gasteiger partial charge in [-0.3, -0.25) is 9.59 Å². The number of methoxy groups -OCH3 is 1. The van der Waals surface area contributed by atoms with Crippen molar-refractivity contribution in [3.8, 4) is 11.3 Å². The Balaban J connectivity index is 0.000000515. The molecule has 41 heavy (non-hydrogen) atoms. The Hall–Kier alpha value is -2.93. The van der Waals surface area contributed by atoms with Crippen molar-refractivity contribution in [1.82, 2.24) is 4.98 Å². The fourth-order valence-electron chi connectivity index (χ4n) is 4.74. The number of nitrogens with zero attached hydrogens (tertiary/aromatic N) is 1. The molecule has 0 radical (unpaired) electrons. The van der Waals surface area contributed by atoms with Crippen molar-refractivity contribution in [3.63, 3.8) is 0 Å². The monoisotopic (exact) mass is 612 g/mol. The molecular weight excluding hydrogens is 575 g/mol. The zero-order chi connectivity index (χ0) is 30.3. The van der Waals surface area contributed by atoms with E-state index in [4.69, 9.17) is 28.2 Å². The first-order valence-electron chi connectivity index (χ1n) is 13.8. The minimum absolute atomic E-state index is 0.118. The lowest BCUT2D eigenvalue weighted by molar-refractivity contribution is -0.137. The Labute approximate surface area is 257 Å². The van der Waals surface area contributed by atoms with Crippen molar-refractivity contribution in [2.24, 2.45) is 5.92 Å². The van der Waals surface area contributed by atoms with Crippen molar-refractivity contribution < 1.29 is 14.3 Å². The number of nitrogens with one attached hydrogen (secondary N) is 1. The van der Waals surface area contributed by atoms with Crippen LogP contribution in [-0.4, -0.2) is 24.0 Å². The predicted molar refractivity (Wildman–Crippen MR) is 174 cm³/mol. The smallest absolute Gasteiger partial charge is 0.302 e. The third-order valence-corrected chi connectivity index (χ3v) is 8.66. The molecular formula is C33H38Cl2N2O3S. The third kappa shape index (κ3) is 7.88. The number of rotatable bonds is 3. The number of hydrogen-bond donors (Lipinski definition) is 1. The number of pyridine rings is 1. The number of carbonyl (C=O) groups is 2. The Kier molecular flexibility index (Phi) is 11.8. The minimum atomic E-state index is -0.245. The van der Waals surface area contributed by atoms with Crippen LogP contribution in [0.15, 0.2) is 42.5 Å². The minimum Gasteiger partial charge on any atom is -0.469 e. The topological polar surface area (TPSA) is 68.3 Å². The van der Waals surface area contributed by atoms with Gasteiger partial charge >= 0.3 is 5.97 Å². The molecule has 0 fully saturated rings. The number of benzene rings is 2. The molecule has 5 rings (SSSR count). The Morgan fingerprint density at radius 2 is 1.76 bits per heavy atom. The highest BCUT2D eigenvalue weighted by atomic mass is 35.5. The van der Waals surface area contributed by atoms with E-state index >= 15 is 0 Å². The highest BCUT2D eigenvalue weighted by Gasteiger charge is 2.25. The average molecular weight is 614 g/mol. The molecule has 1 unspecified atom stereocenters. The summed E-state index contributed by atoms with van der Waals surface area (Å²) in [4.78, 5) is 29.6. The molecule has 0 spiro atoms. The van der Waals surface area contributed by atoms with Crippen LogP contribution < -0.4 is 5.32 Å². The van der Waals surface area contributed by atoms with Gasteiger partial charge in [0, 0.05) is 27.8 Å². The molecule has 0 saturated heterocycles. The van der Waals surface area contributed by atoms with Gasteiger partial charge in [0.15, 0.2) is 0 Å². The van der Waals surface area contributed by atoms with Crippen LogP contribution in [-0.2, 0) is 22.4 Å². The van der Waals surface area contributed by atoms with E-state index in [1.807, 2.05) is 37.3 Å². The van der Waals surface area contributed by atoms with Gasteiger partial charge in [0.1, 0.15) is 0 Å². The number of esters is 1. The molecule has 8 heteroatoms. The third-order valence-electron chi connectivity index (χ3n) is 6.84. The first kappa shape index (κ1) is 32.6. The largest absolute Gasteiger partial charge is 0.469 e. The zero-order valence-electron chi connectivity index (χ0n) is 24.8. The number of amides is 1. The van der Waals surface area contributed by atoms with Gasteiger partial charge in [0.2, 0.25) is 0 Å². The van der Waals surface area contributed by atoms with E-state index in [1.54, 1.807) is 23.5 Å². The molecule has 218 valence electrons. The predicted octanol–water partition coefficient (Wildman–Crippen LogP) is 9.86. The molecule has 2 heterocycles. The first-order chi connectivity index (χ1) is 19.5. The summed E-state index contributed by atoms with van der Waals surface area (Å²) >= 11 is 14.3. The Bertz CT molecular complexity index is 1550. The Morgan fingerprint density at radius 1 is 1.10 bits per heavy atom. The van der Waals surface area contributed by atoms with E-state index in [2.05, 4.69) is 37.7 Å². The van der Waals surface area contributed by atoms with Crippen LogP contribution in [0, 0.1) is 19.8 Å². The van der Waals surface area contributed by atoms with Gasteiger partial charge in [0.05, 0.1) is 33.9 Å². The Morgan fingerprint density at radius 3 is 2.39 bits per heavy atom. The standard InChI is InChI=1S/C27H24Cl2N2OS.C3H6O2.C3H8/c1-14-8-10-18-15(2)27(33-23(18)12-14)31-26(32)24-16(3)25(19-11-9-17(28)13-21(19)29)30-22-7-5-4-6-20(22)24;1-3(4)5-2;1-3-2/h4-7,9,11,13-14H,8,10,12H2,1-3H3,(H,31,32);1-2H3;3H2,1-2H3. The fraction of sp³-hybridized carbons (Fsp3) is 0.364. The van der Waals surface area contributed by atoms with Crippen LogP contribution in [0.5, 0.6) is 0 Å². The summed E-state index contributed by atoms with van der Waals surface area (Å²) in [6.45, 7) is 12.0. The normalized spacial score (nSPS) is 13.7. The molecule has 4 aromatic rings. The van der Waals surface area contributed by atoms with E-state index in [-0.39, 0.29) is 11.9 Å². The van der Waals surface area contributed by atoms with Crippen LogP contribution >= 0.6 is 34.5 Å². The molecule has 1 atom stereocenters. The van der Waals surface area contributed by atoms with Gasteiger partial charge in [0.25, 0.3) is 5.91 Å². The summed E-state index contributed by atoms with van der Waals surface area (Å²) in [7, 11) is 1.35. The van der Waals surface area contributed by atoms with Crippen molar-refractivity contribution in [1.29, 1.82) is 0 Å². The number of thiophene rings is 1. The van der Waals surface area contributed by atoms with Crippen LogP contribution in [0.4, 0.5) is 5.00 Å². The maximum atomic E-state index is 13.7.